The molecule has 4 rings (SSSR count). The predicted molar refractivity (Wildman–Crippen MR) is 140 cm³/mol. The summed E-state index contributed by atoms with van der Waals surface area (Å²) in [7, 11) is 1.88. The molecule has 0 amide bonds. The monoisotopic (exact) mass is 529 g/mol. The molecule has 0 saturated carbocycles. The van der Waals surface area contributed by atoms with Crippen LogP contribution in [0.1, 0.15) is 40.2 Å². The van der Waals surface area contributed by atoms with Crippen LogP contribution in [-0.2, 0) is 13.1 Å². The van der Waals surface area contributed by atoms with E-state index in [1.165, 1.54) is 38.0 Å². The van der Waals surface area contributed by atoms with E-state index in [-0.39, 0.29) is 23.8 Å². The van der Waals surface area contributed by atoms with E-state index in [0.717, 1.165) is 4.88 Å². The summed E-state index contributed by atoms with van der Waals surface area (Å²) in [6, 6.07) is 8.64. The molecule has 4 aromatic rings. The number of thiophene rings is 1. The lowest BCUT2D eigenvalue weighted by atomic mass is 9.96. The zero-order valence-corrected chi connectivity index (χ0v) is 22.1. The third-order valence-corrected chi connectivity index (χ3v) is 7.23. The molecule has 35 heavy (non-hydrogen) atoms. The van der Waals surface area contributed by atoms with Crippen molar-refractivity contribution in [2.24, 2.45) is 5.41 Å². The van der Waals surface area contributed by atoms with Crippen LogP contribution in [-0.4, -0.2) is 38.1 Å². The van der Waals surface area contributed by atoms with Gasteiger partial charge in [0.05, 0.1) is 23.1 Å². The first-order chi connectivity index (χ1) is 16.5. The summed E-state index contributed by atoms with van der Waals surface area (Å²) in [5.41, 5.74) is 0.162. The van der Waals surface area contributed by atoms with E-state index >= 15 is 0 Å². The van der Waals surface area contributed by atoms with Crippen molar-refractivity contribution in [1.29, 1.82) is 0 Å². The van der Waals surface area contributed by atoms with Crippen molar-refractivity contribution in [3.05, 3.63) is 72.7 Å². The van der Waals surface area contributed by atoms with E-state index in [2.05, 4.69) is 10.1 Å². The quantitative estimate of drug-likeness (QED) is 0.310. The number of hydrogen-bond donors (Lipinski definition) is 0. The molecule has 8 nitrogen and oxygen atoms in total. The van der Waals surface area contributed by atoms with Crippen LogP contribution in [0.3, 0.4) is 0 Å². The van der Waals surface area contributed by atoms with Crippen LogP contribution in [0.25, 0.3) is 11.3 Å². The molecule has 11 heteroatoms. The third-order valence-electron chi connectivity index (χ3n) is 5.20. The van der Waals surface area contributed by atoms with Gasteiger partial charge in [-0.25, -0.2) is 4.98 Å². The number of ketones is 1. The van der Waals surface area contributed by atoms with Crippen LogP contribution in [0.15, 0.2) is 52.9 Å². The SMILES string of the molecule is CN(Cc1ccc(Cl)s1)c1cc(-c2ccc(=O)n(CC(=O)c3nccs3)c2)nn1C(=O)C(C)(C)C. The first kappa shape index (κ1) is 25.0. The Morgan fingerprint density at radius 3 is 2.57 bits per heavy atom. The van der Waals surface area contributed by atoms with Crippen LogP contribution in [0.5, 0.6) is 0 Å². The minimum Gasteiger partial charge on any atom is -0.354 e. The van der Waals surface area contributed by atoms with Gasteiger partial charge < -0.3 is 9.47 Å². The Balaban J connectivity index is 1.71. The standard InChI is InChI=1S/C24H24ClN5O3S2/c1-24(2,3)23(33)30-20(28(4)13-16-6-7-19(25)35-16)11-17(27-30)15-5-8-21(32)29(12-15)14-18(31)22-26-9-10-34-22/h5-12H,13-14H2,1-4H3. The van der Waals surface area contributed by atoms with Gasteiger partial charge >= 0.3 is 0 Å². The van der Waals surface area contributed by atoms with E-state index in [0.29, 0.717) is 33.0 Å². The number of halogens is 1. The molecule has 0 aliphatic heterocycles. The molecule has 182 valence electrons. The van der Waals surface area contributed by atoms with Crippen molar-refractivity contribution in [2.75, 3.05) is 11.9 Å². The first-order valence-electron chi connectivity index (χ1n) is 10.8. The van der Waals surface area contributed by atoms with Gasteiger partial charge in [-0.2, -0.15) is 9.78 Å². The van der Waals surface area contributed by atoms with Gasteiger partial charge in [-0.05, 0) is 18.2 Å². The van der Waals surface area contributed by atoms with Gasteiger partial charge in [0.25, 0.3) is 11.5 Å². The van der Waals surface area contributed by atoms with Crippen LogP contribution >= 0.6 is 34.3 Å². The Hall–Kier alpha value is -3.08. The Labute approximate surface area is 215 Å². The maximum absolute atomic E-state index is 13.2. The number of aromatic nitrogens is 4. The van der Waals surface area contributed by atoms with Crippen LogP contribution in [0.4, 0.5) is 5.82 Å². The largest absolute Gasteiger partial charge is 0.354 e. The van der Waals surface area contributed by atoms with E-state index in [9.17, 15) is 14.4 Å². The normalized spacial score (nSPS) is 11.6. The number of anilines is 1. The lowest BCUT2D eigenvalue weighted by Crippen LogP contribution is -2.31. The molecule has 4 heterocycles. The minimum atomic E-state index is -0.663. The fraction of sp³-hybridized carbons (Fsp3) is 0.292. The number of Topliss-reactive ketones (excluding diaryl/α,β-unsaturated/α-hetero) is 1. The summed E-state index contributed by atoms with van der Waals surface area (Å²) in [4.78, 5) is 45.2. The summed E-state index contributed by atoms with van der Waals surface area (Å²) < 4.78 is 3.43. The van der Waals surface area contributed by atoms with Crippen molar-refractivity contribution in [1.82, 2.24) is 19.3 Å². The number of thiazole rings is 1. The molecule has 0 radical (unpaired) electrons. The first-order valence-corrected chi connectivity index (χ1v) is 12.8. The Morgan fingerprint density at radius 2 is 1.94 bits per heavy atom. The molecule has 0 aromatic carbocycles. The van der Waals surface area contributed by atoms with E-state index < -0.39 is 5.41 Å². The summed E-state index contributed by atoms with van der Waals surface area (Å²) in [6.07, 6.45) is 3.14. The van der Waals surface area contributed by atoms with E-state index in [1.54, 1.807) is 23.8 Å². The molecule has 0 atom stereocenters. The fourth-order valence-electron chi connectivity index (χ4n) is 3.39. The van der Waals surface area contributed by atoms with E-state index in [1.807, 2.05) is 50.9 Å². The third kappa shape index (κ3) is 5.61. The Morgan fingerprint density at radius 1 is 1.17 bits per heavy atom. The number of rotatable bonds is 7. The zero-order chi connectivity index (χ0) is 25.3. The molecule has 4 aromatic heterocycles. The van der Waals surface area contributed by atoms with Crippen LogP contribution in [0, 0.1) is 5.41 Å². The zero-order valence-electron chi connectivity index (χ0n) is 19.7. The van der Waals surface area contributed by atoms with Gasteiger partial charge in [0.2, 0.25) is 5.78 Å². The maximum atomic E-state index is 13.2. The molecule has 0 bridgehead atoms. The molecule has 0 saturated heterocycles. The summed E-state index contributed by atoms with van der Waals surface area (Å²) in [5, 5.41) is 6.67. The molecule has 0 spiro atoms. The number of nitrogens with zero attached hydrogens (tertiary/aromatic N) is 5. The summed E-state index contributed by atoms with van der Waals surface area (Å²) in [6.45, 7) is 5.92. The van der Waals surface area contributed by atoms with Gasteiger partial charge in [0.1, 0.15) is 5.82 Å². The fourth-order valence-corrected chi connectivity index (χ4v) is 5.10. The molecular weight excluding hydrogens is 506 g/mol. The second-order valence-corrected chi connectivity index (χ2v) is 11.8. The smallest absolute Gasteiger partial charge is 0.254 e. The van der Waals surface area contributed by atoms with Crippen molar-refractivity contribution >= 4 is 51.8 Å². The van der Waals surface area contributed by atoms with Crippen molar-refractivity contribution in [3.8, 4) is 11.3 Å². The number of pyridine rings is 1. The summed E-state index contributed by atoms with van der Waals surface area (Å²) in [5.74, 6) is 0.200. The second kappa shape index (κ2) is 9.88. The topological polar surface area (TPSA) is 90.1 Å². The van der Waals surface area contributed by atoms with Crippen molar-refractivity contribution in [2.45, 2.75) is 33.9 Å². The molecular formula is C24H24ClN5O3S2. The van der Waals surface area contributed by atoms with Gasteiger partial charge in [-0.3, -0.25) is 14.4 Å². The predicted octanol–water partition coefficient (Wildman–Crippen LogP) is 5.09. The molecule has 0 unspecified atom stereocenters. The molecule has 0 N–H and O–H groups in total. The Kier molecular flexibility index (Phi) is 7.07. The van der Waals surface area contributed by atoms with Gasteiger partial charge in [0.15, 0.2) is 5.01 Å². The lowest BCUT2D eigenvalue weighted by molar-refractivity contribution is 0.0751. The van der Waals surface area contributed by atoms with E-state index in [4.69, 9.17) is 11.6 Å². The highest BCUT2D eigenvalue weighted by molar-refractivity contribution is 7.16. The average molecular weight is 530 g/mol. The van der Waals surface area contributed by atoms with Crippen molar-refractivity contribution < 1.29 is 9.59 Å². The lowest BCUT2D eigenvalue weighted by Gasteiger charge is -2.22. The van der Waals surface area contributed by atoms with Crippen LogP contribution < -0.4 is 10.5 Å². The number of hydrogen-bond acceptors (Lipinski definition) is 8. The van der Waals surface area contributed by atoms with Crippen LogP contribution in [0.2, 0.25) is 4.34 Å². The number of carbonyl (C=O) groups excluding carboxylic acids is 2. The van der Waals surface area contributed by atoms with Gasteiger partial charge in [0, 0.05) is 52.8 Å². The summed E-state index contributed by atoms with van der Waals surface area (Å²) >= 11 is 8.79. The van der Waals surface area contributed by atoms with Gasteiger partial charge in [-0.1, -0.05) is 32.4 Å². The highest BCUT2D eigenvalue weighted by Gasteiger charge is 2.28. The number of carbonyl (C=O) groups is 2. The maximum Gasteiger partial charge on any atom is 0.254 e. The highest BCUT2D eigenvalue weighted by atomic mass is 35.5. The highest BCUT2D eigenvalue weighted by Crippen LogP contribution is 2.29. The molecule has 0 fully saturated rings. The van der Waals surface area contributed by atoms with Crippen molar-refractivity contribution in [3.63, 3.8) is 0 Å². The minimum absolute atomic E-state index is 0.131. The van der Waals surface area contributed by atoms with Gasteiger partial charge in [-0.15, -0.1) is 22.7 Å². The molecule has 0 aliphatic carbocycles. The average Bonchev–Trinajstić information content (AvgIpc) is 3.55. The molecule has 0 aliphatic rings. The second-order valence-electron chi connectivity index (χ2n) is 9.06. The Bertz CT molecular complexity index is 1430.